The van der Waals surface area contributed by atoms with Crippen molar-refractivity contribution in [1.82, 2.24) is 9.78 Å². The Hall–Kier alpha value is -0.830. The van der Waals surface area contributed by atoms with Gasteiger partial charge in [-0.15, -0.1) is 0 Å². The van der Waals surface area contributed by atoms with Crippen LogP contribution in [0.2, 0.25) is 0 Å². The van der Waals surface area contributed by atoms with E-state index in [4.69, 9.17) is 5.11 Å². The summed E-state index contributed by atoms with van der Waals surface area (Å²) >= 11 is 0. The molecule has 0 aliphatic rings. The van der Waals surface area contributed by atoms with Crippen LogP contribution < -0.4 is 0 Å². The van der Waals surface area contributed by atoms with Crippen LogP contribution in [-0.2, 0) is 6.42 Å². The lowest BCUT2D eigenvalue weighted by molar-refractivity contribution is 0.194. The number of aliphatic hydroxyl groups is 1. The molecule has 3 nitrogen and oxygen atoms in total. The van der Waals surface area contributed by atoms with Gasteiger partial charge in [0.2, 0.25) is 0 Å². The predicted octanol–water partition coefficient (Wildman–Crippen LogP) is 1.39. The van der Waals surface area contributed by atoms with E-state index in [-0.39, 0.29) is 6.10 Å². The van der Waals surface area contributed by atoms with Gasteiger partial charge in [-0.05, 0) is 26.8 Å². The van der Waals surface area contributed by atoms with E-state index in [1.807, 2.05) is 16.9 Å². The first-order valence-electron chi connectivity index (χ1n) is 4.31. The molecule has 0 amide bonds. The van der Waals surface area contributed by atoms with Crippen molar-refractivity contribution in [2.45, 2.75) is 39.3 Å². The Bertz CT molecular complexity index is 240. The van der Waals surface area contributed by atoms with Crippen molar-refractivity contribution in [2.75, 3.05) is 0 Å². The van der Waals surface area contributed by atoms with E-state index in [0.717, 1.165) is 5.69 Å². The molecule has 1 rings (SSSR count). The van der Waals surface area contributed by atoms with Crippen LogP contribution in [0.15, 0.2) is 12.3 Å². The summed E-state index contributed by atoms with van der Waals surface area (Å²) in [6.07, 6.45) is 2.28. The minimum atomic E-state index is -0.305. The first kappa shape index (κ1) is 9.26. The van der Waals surface area contributed by atoms with Crippen LogP contribution in [0.25, 0.3) is 0 Å². The maximum atomic E-state index is 9.10. The first-order valence-corrected chi connectivity index (χ1v) is 4.31. The van der Waals surface area contributed by atoms with Gasteiger partial charge >= 0.3 is 0 Å². The highest BCUT2D eigenvalue weighted by molar-refractivity contribution is 5.00. The minimum Gasteiger partial charge on any atom is -0.393 e. The topological polar surface area (TPSA) is 38.0 Å². The smallest absolute Gasteiger partial charge is 0.0650 e. The number of hydrogen-bond donors (Lipinski definition) is 1. The van der Waals surface area contributed by atoms with Crippen molar-refractivity contribution in [1.29, 1.82) is 0 Å². The van der Waals surface area contributed by atoms with Crippen molar-refractivity contribution in [3.8, 4) is 0 Å². The van der Waals surface area contributed by atoms with Gasteiger partial charge in [-0.3, -0.25) is 4.68 Å². The fourth-order valence-corrected chi connectivity index (χ4v) is 1.08. The van der Waals surface area contributed by atoms with E-state index < -0.39 is 0 Å². The maximum Gasteiger partial charge on any atom is 0.0650 e. The highest BCUT2D eigenvalue weighted by atomic mass is 16.3. The molecule has 0 saturated heterocycles. The van der Waals surface area contributed by atoms with Gasteiger partial charge in [0.15, 0.2) is 0 Å². The number of rotatable bonds is 3. The van der Waals surface area contributed by atoms with Gasteiger partial charge in [0.05, 0.1) is 11.8 Å². The molecule has 0 aliphatic heterocycles. The van der Waals surface area contributed by atoms with Crippen molar-refractivity contribution in [3.05, 3.63) is 18.0 Å². The largest absolute Gasteiger partial charge is 0.393 e. The molecule has 0 aliphatic carbocycles. The number of nitrogens with zero attached hydrogens (tertiary/aromatic N) is 2. The van der Waals surface area contributed by atoms with Crippen LogP contribution in [-0.4, -0.2) is 21.0 Å². The molecule has 1 aromatic rings. The summed E-state index contributed by atoms with van der Waals surface area (Å²) in [6, 6.07) is 2.35. The molecule has 1 N–H and O–H groups in total. The minimum absolute atomic E-state index is 0.305. The van der Waals surface area contributed by atoms with Crippen LogP contribution in [0.4, 0.5) is 0 Å². The van der Waals surface area contributed by atoms with Crippen LogP contribution in [0.1, 0.15) is 32.5 Å². The van der Waals surface area contributed by atoms with Gasteiger partial charge in [-0.25, -0.2) is 0 Å². The molecule has 0 aromatic carbocycles. The van der Waals surface area contributed by atoms with Crippen LogP contribution in [0, 0.1) is 0 Å². The van der Waals surface area contributed by atoms with Gasteiger partial charge in [0.25, 0.3) is 0 Å². The lowest BCUT2D eigenvalue weighted by atomic mass is 10.2. The third-order valence-corrected chi connectivity index (χ3v) is 1.70. The van der Waals surface area contributed by atoms with Gasteiger partial charge in [0, 0.05) is 18.7 Å². The number of aliphatic hydroxyl groups excluding tert-OH is 1. The van der Waals surface area contributed by atoms with Crippen LogP contribution >= 0.6 is 0 Å². The van der Waals surface area contributed by atoms with E-state index in [1.54, 1.807) is 6.92 Å². The van der Waals surface area contributed by atoms with Crippen LogP contribution in [0.3, 0.4) is 0 Å². The van der Waals surface area contributed by atoms with Gasteiger partial charge < -0.3 is 5.11 Å². The molecule has 68 valence electrons. The second kappa shape index (κ2) is 3.72. The van der Waals surface area contributed by atoms with Crippen molar-refractivity contribution >= 4 is 0 Å². The van der Waals surface area contributed by atoms with Gasteiger partial charge in [0.1, 0.15) is 0 Å². The van der Waals surface area contributed by atoms with E-state index in [0.29, 0.717) is 12.5 Å². The quantitative estimate of drug-likeness (QED) is 0.740. The molecule has 3 heteroatoms. The average Bonchev–Trinajstić information content (AvgIpc) is 2.34. The average molecular weight is 168 g/mol. The van der Waals surface area contributed by atoms with E-state index in [2.05, 4.69) is 18.9 Å². The van der Waals surface area contributed by atoms with E-state index >= 15 is 0 Å². The summed E-state index contributed by atoms with van der Waals surface area (Å²) in [5.41, 5.74) is 0.957. The predicted molar refractivity (Wildman–Crippen MR) is 48.0 cm³/mol. The summed E-state index contributed by atoms with van der Waals surface area (Å²) in [5.74, 6) is 0. The highest BCUT2D eigenvalue weighted by Gasteiger charge is 2.04. The molecule has 0 radical (unpaired) electrons. The lowest BCUT2D eigenvalue weighted by Gasteiger charge is -2.04. The first-order chi connectivity index (χ1) is 5.59. The number of hydrogen-bond acceptors (Lipinski definition) is 2. The molecule has 1 aromatic heterocycles. The Morgan fingerprint density at radius 3 is 2.58 bits per heavy atom. The summed E-state index contributed by atoms with van der Waals surface area (Å²) in [6.45, 7) is 5.94. The molecule has 0 bridgehead atoms. The summed E-state index contributed by atoms with van der Waals surface area (Å²) in [4.78, 5) is 0. The molecular weight excluding hydrogens is 152 g/mol. The molecule has 1 atom stereocenters. The zero-order valence-electron chi connectivity index (χ0n) is 7.86. The Balaban J connectivity index is 2.64. The second-order valence-corrected chi connectivity index (χ2v) is 3.43. The Morgan fingerprint density at radius 2 is 2.17 bits per heavy atom. The maximum absolute atomic E-state index is 9.10. The van der Waals surface area contributed by atoms with Crippen molar-refractivity contribution < 1.29 is 5.11 Å². The molecule has 0 spiro atoms. The summed E-state index contributed by atoms with van der Waals surface area (Å²) in [5, 5.41) is 13.4. The van der Waals surface area contributed by atoms with Crippen molar-refractivity contribution in [2.24, 2.45) is 0 Å². The fourth-order valence-electron chi connectivity index (χ4n) is 1.08. The molecule has 1 unspecified atom stereocenters. The third kappa shape index (κ3) is 2.34. The Labute approximate surface area is 73.0 Å². The molecular formula is C9H16N2O. The normalized spacial score (nSPS) is 13.8. The van der Waals surface area contributed by atoms with Gasteiger partial charge in [-0.2, -0.15) is 5.10 Å². The Morgan fingerprint density at radius 1 is 1.50 bits per heavy atom. The molecule has 1 heterocycles. The zero-order valence-corrected chi connectivity index (χ0v) is 7.86. The lowest BCUT2D eigenvalue weighted by Crippen LogP contribution is -2.07. The second-order valence-electron chi connectivity index (χ2n) is 3.43. The monoisotopic (exact) mass is 168 g/mol. The SMILES string of the molecule is CC(O)Cc1ccn(C(C)C)n1. The molecule has 0 saturated carbocycles. The highest BCUT2D eigenvalue weighted by Crippen LogP contribution is 2.05. The van der Waals surface area contributed by atoms with Crippen LogP contribution in [0.5, 0.6) is 0 Å². The van der Waals surface area contributed by atoms with E-state index in [1.165, 1.54) is 0 Å². The van der Waals surface area contributed by atoms with E-state index in [9.17, 15) is 0 Å². The zero-order chi connectivity index (χ0) is 9.14. The molecule has 0 fully saturated rings. The third-order valence-electron chi connectivity index (χ3n) is 1.70. The molecule has 12 heavy (non-hydrogen) atoms. The fraction of sp³-hybridized carbons (Fsp3) is 0.667. The summed E-state index contributed by atoms with van der Waals surface area (Å²) in [7, 11) is 0. The summed E-state index contributed by atoms with van der Waals surface area (Å²) < 4.78 is 1.90. The number of aromatic nitrogens is 2. The van der Waals surface area contributed by atoms with Gasteiger partial charge in [-0.1, -0.05) is 0 Å². The van der Waals surface area contributed by atoms with Crippen molar-refractivity contribution in [3.63, 3.8) is 0 Å². The Kier molecular flexibility index (Phi) is 2.87. The standard InChI is InChI=1S/C9H16N2O/c1-7(2)11-5-4-9(10-11)6-8(3)12/h4-5,7-8,12H,6H2,1-3H3.